The van der Waals surface area contributed by atoms with Crippen molar-refractivity contribution in [1.29, 1.82) is 0 Å². The van der Waals surface area contributed by atoms with E-state index in [1.165, 1.54) is 17.0 Å². The molecule has 2 aromatic carbocycles. The summed E-state index contributed by atoms with van der Waals surface area (Å²) < 4.78 is 1.64. The summed E-state index contributed by atoms with van der Waals surface area (Å²) in [4.78, 5) is 31.9. The number of H-pyrrole nitrogens is 1. The number of aryl methyl sites for hydroxylation is 2. The van der Waals surface area contributed by atoms with Crippen molar-refractivity contribution in [3.05, 3.63) is 89.1 Å². The number of para-hydroxylation sites is 1. The molecule has 28 heavy (non-hydrogen) atoms. The Hall–Kier alpha value is -3.67. The second-order valence-corrected chi connectivity index (χ2v) is 6.63. The minimum Gasteiger partial charge on any atom is -0.361 e. The Kier molecular flexibility index (Phi) is 4.76. The van der Waals surface area contributed by atoms with E-state index in [0.29, 0.717) is 24.0 Å². The fourth-order valence-corrected chi connectivity index (χ4v) is 3.32. The van der Waals surface area contributed by atoms with Crippen LogP contribution < -0.4 is 10.9 Å². The van der Waals surface area contributed by atoms with E-state index in [1.807, 2.05) is 30.5 Å². The molecule has 6 heteroatoms. The molecule has 4 aromatic rings. The molecule has 0 atom stereocenters. The van der Waals surface area contributed by atoms with Gasteiger partial charge in [0.1, 0.15) is 0 Å². The third-order valence-electron chi connectivity index (χ3n) is 4.84. The van der Waals surface area contributed by atoms with E-state index in [0.717, 1.165) is 17.5 Å². The van der Waals surface area contributed by atoms with Gasteiger partial charge in [0.25, 0.3) is 5.56 Å². The van der Waals surface area contributed by atoms with E-state index in [4.69, 9.17) is 0 Å². The summed E-state index contributed by atoms with van der Waals surface area (Å²) >= 11 is 0. The van der Waals surface area contributed by atoms with Gasteiger partial charge in [-0.1, -0.05) is 30.8 Å². The lowest BCUT2D eigenvalue weighted by atomic mass is 10.1. The van der Waals surface area contributed by atoms with Crippen molar-refractivity contribution >= 4 is 27.7 Å². The summed E-state index contributed by atoms with van der Waals surface area (Å²) in [5.41, 5.74) is 3.67. The highest BCUT2D eigenvalue weighted by Gasteiger charge is 2.08. The van der Waals surface area contributed by atoms with Crippen molar-refractivity contribution in [3.8, 4) is 0 Å². The fourth-order valence-electron chi connectivity index (χ4n) is 3.32. The van der Waals surface area contributed by atoms with E-state index in [-0.39, 0.29) is 11.5 Å². The van der Waals surface area contributed by atoms with Crippen LogP contribution in [0.5, 0.6) is 0 Å². The molecule has 4 rings (SSSR count). The van der Waals surface area contributed by atoms with Crippen molar-refractivity contribution in [2.24, 2.45) is 0 Å². The van der Waals surface area contributed by atoms with E-state index in [1.54, 1.807) is 23.0 Å². The van der Waals surface area contributed by atoms with Crippen molar-refractivity contribution < 1.29 is 4.79 Å². The van der Waals surface area contributed by atoms with Gasteiger partial charge in [-0.25, -0.2) is 4.98 Å². The normalized spacial score (nSPS) is 11.0. The Labute approximate surface area is 161 Å². The fraction of sp³-hybridized carbons (Fsp3) is 0.136. The number of hydrogen-bond donors (Lipinski definition) is 2. The molecule has 0 spiro atoms. The zero-order valence-corrected chi connectivity index (χ0v) is 15.3. The Morgan fingerprint density at radius 1 is 1.21 bits per heavy atom. The van der Waals surface area contributed by atoms with Gasteiger partial charge in [-0.15, -0.1) is 0 Å². The van der Waals surface area contributed by atoms with Crippen LogP contribution in [0.4, 0.5) is 0 Å². The Bertz CT molecular complexity index is 1240. The summed E-state index contributed by atoms with van der Waals surface area (Å²) in [7, 11) is 0. The average molecular weight is 372 g/mol. The van der Waals surface area contributed by atoms with Gasteiger partial charge < -0.3 is 10.3 Å². The first kappa shape index (κ1) is 17.7. The summed E-state index contributed by atoms with van der Waals surface area (Å²) in [6.45, 7) is 4.31. The van der Waals surface area contributed by atoms with Crippen molar-refractivity contribution in [2.75, 3.05) is 0 Å². The predicted octanol–water partition coefficient (Wildman–Crippen LogP) is 2.92. The minimum atomic E-state index is -0.248. The molecule has 6 nitrogen and oxygen atoms in total. The molecule has 1 amide bonds. The van der Waals surface area contributed by atoms with Crippen molar-refractivity contribution in [2.45, 2.75) is 19.5 Å². The molecule has 0 unspecified atom stereocenters. The quantitative estimate of drug-likeness (QED) is 0.511. The molecule has 0 radical (unpaired) electrons. The number of carbonyl (C=O) groups excluding carboxylic acids is 1. The number of carbonyl (C=O) groups is 1. The zero-order valence-electron chi connectivity index (χ0n) is 15.3. The minimum absolute atomic E-state index is 0.0817. The van der Waals surface area contributed by atoms with Crippen LogP contribution in [0.15, 0.2) is 72.4 Å². The molecule has 140 valence electrons. The number of nitrogens with one attached hydrogen (secondary N) is 2. The summed E-state index contributed by atoms with van der Waals surface area (Å²) in [5, 5.41) is 4.44. The highest BCUT2D eigenvalue weighted by molar-refractivity contribution is 5.87. The molecule has 2 N–H and O–H groups in total. The maximum atomic E-state index is 12.9. The Morgan fingerprint density at radius 3 is 2.93 bits per heavy atom. The van der Waals surface area contributed by atoms with Crippen molar-refractivity contribution in [3.63, 3.8) is 0 Å². The standard InChI is InChI=1S/C22H20N4O2/c1-2-21(27)24-12-15-7-8-20-18(11-15)22(28)26(14-25-20)10-9-16-13-23-19-6-4-3-5-17(16)19/h2-8,11,13-14,23H,1,9-10,12H2,(H,24,27). The van der Waals surface area contributed by atoms with Gasteiger partial charge >= 0.3 is 0 Å². The first-order valence-electron chi connectivity index (χ1n) is 9.09. The lowest BCUT2D eigenvalue weighted by Crippen LogP contribution is -2.23. The van der Waals surface area contributed by atoms with Crippen LogP contribution in [0.2, 0.25) is 0 Å². The molecule has 0 saturated heterocycles. The van der Waals surface area contributed by atoms with E-state index in [2.05, 4.69) is 27.9 Å². The maximum absolute atomic E-state index is 12.9. The molecule has 2 heterocycles. The predicted molar refractivity (Wildman–Crippen MR) is 110 cm³/mol. The van der Waals surface area contributed by atoms with Gasteiger partial charge in [0, 0.05) is 30.2 Å². The first-order valence-corrected chi connectivity index (χ1v) is 9.09. The Balaban J connectivity index is 1.58. The smallest absolute Gasteiger partial charge is 0.261 e. The molecule has 2 aromatic heterocycles. The highest BCUT2D eigenvalue weighted by Crippen LogP contribution is 2.18. The molecule has 0 saturated carbocycles. The van der Waals surface area contributed by atoms with E-state index in [9.17, 15) is 9.59 Å². The van der Waals surface area contributed by atoms with Crippen LogP contribution in [0.3, 0.4) is 0 Å². The molecule has 0 aliphatic rings. The lowest BCUT2D eigenvalue weighted by molar-refractivity contribution is -0.116. The summed E-state index contributed by atoms with van der Waals surface area (Å²) in [5.74, 6) is -0.248. The number of benzene rings is 2. The Morgan fingerprint density at radius 2 is 2.07 bits per heavy atom. The molecule has 0 fully saturated rings. The number of aromatic amines is 1. The number of hydrogen-bond acceptors (Lipinski definition) is 3. The molecule has 0 bridgehead atoms. The van der Waals surface area contributed by atoms with Gasteiger partial charge in [-0.3, -0.25) is 14.2 Å². The molecular formula is C22H20N4O2. The largest absolute Gasteiger partial charge is 0.361 e. The number of fused-ring (bicyclic) bond motifs is 2. The monoisotopic (exact) mass is 372 g/mol. The second kappa shape index (κ2) is 7.52. The van der Waals surface area contributed by atoms with Crippen LogP contribution >= 0.6 is 0 Å². The zero-order chi connectivity index (χ0) is 19.5. The number of aromatic nitrogens is 3. The summed E-state index contributed by atoms with van der Waals surface area (Å²) in [6, 6.07) is 13.6. The SMILES string of the molecule is C=CC(=O)NCc1ccc2ncn(CCc3c[nH]c4ccccc34)c(=O)c2c1. The maximum Gasteiger partial charge on any atom is 0.261 e. The lowest BCUT2D eigenvalue weighted by Gasteiger charge is -2.08. The van der Waals surface area contributed by atoms with Crippen LogP contribution in [-0.2, 0) is 24.3 Å². The van der Waals surface area contributed by atoms with Gasteiger partial charge in [0.15, 0.2) is 0 Å². The number of rotatable bonds is 6. The van der Waals surface area contributed by atoms with Crippen LogP contribution in [0.25, 0.3) is 21.8 Å². The van der Waals surface area contributed by atoms with Gasteiger partial charge in [-0.05, 0) is 41.8 Å². The van der Waals surface area contributed by atoms with Crippen LogP contribution in [-0.4, -0.2) is 20.4 Å². The third-order valence-corrected chi connectivity index (χ3v) is 4.84. The van der Waals surface area contributed by atoms with Gasteiger partial charge in [0.05, 0.1) is 17.2 Å². The first-order chi connectivity index (χ1) is 13.7. The third kappa shape index (κ3) is 3.44. The highest BCUT2D eigenvalue weighted by atomic mass is 16.1. The molecule has 0 aliphatic heterocycles. The van der Waals surface area contributed by atoms with Gasteiger partial charge in [-0.2, -0.15) is 0 Å². The van der Waals surface area contributed by atoms with Crippen molar-refractivity contribution in [1.82, 2.24) is 19.9 Å². The topological polar surface area (TPSA) is 79.8 Å². The number of nitrogens with zero attached hydrogens (tertiary/aromatic N) is 2. The second-order valence-electron chi connectivity index (χ2n) is 6.63. The van der Waals surface area contributed by atoms with Crippen LogP contribution in [0.1, 0.15) is 11.1 Å². The molecule has 0 aliphatic carbocycles. The van der Waals surface area contributed by atoms with E-state index >= 15 is 0 Å². The van der Waals surface area contributed by atoms with Gasteiger partial charge in [0.2, 0.25) is 5.91 Å². The average Bonchev–Trinajstić information content (AvgIpc) is 3.15. The van der Waals surface area contributed by atoms with Crippen LogP contribution in [0, 0.1) is 0 Å². The van der Waals surface area contributed by atoms with E-state index < -0.39 is 0 Å². The number of amides is 1. The summed E-state index contributed by atoms with van der Waals surface area (Å²) in [6.07, 6.45) is 5.54. The molecular weight excluding hydrogens is 352 g/mol.